The lowest BCUT2D eigenvalue weighted by molar-refractivity contribution is 0.0376. The molecule has 0 bridgehead atoms. The Morgan fingerprint density at radius 1 is 1.38 bits per heavy atom. The molecular weight excluding hydrogens is 435 g/mol. The Morgan fingerprint density at radius 3 is 2.83 bits per heavy atom. The highest BCUT2D eigenvalue weighted by Crippen LogP contribution is 2.20. The van der Waals surface area contributed by atoms with E-state index in [1.54, 1.807) is 0 Å². The van der Waals surface area contributed by atoms with Gasteiger partial charge >= 0.3 is 0 Å². The van der Waals surface area contributed by atoms with E-state index in [0.29, 0.717) is 5.92 Å². The molecule has 1 aromatic heterocycles. The molecule has 0 spiro atoms. The monoisotopic (exact) mass is 466 g/mol. The quantitative estimate of drug-likeness (QED) is 0.268. The molecular formula is C17H31IN4OS. The van der Waals surface area contributed by atoms with Crippen LogP contribution in [0.25, 0.3) is 0 Å². The number of guanidine groups is 1. The van der Waals surface area contributed by atoms with Gasteiger partial charge in [-0.2, -0.15) is 0 Å². The molecule has 1 aliphatic heterocycles. The van der Waals surface area contributed by atoms with Gasteiger partial charge in [-0.3, -0.25) is 9.89 Å². The molecule has 0 radical (unpaired) electrons. The highest BCUT2D eigenvalue weighted by Gasteiger charge is 2.09. The molecule has 1 fully saturated rings. The van der Waals surface area contributed by atoms with Gasteiger partial charge in [-0.15, -0.1) is 35.3 Å². The summed E-state index contributed by atoms with van der Waals surface area (Å²) < 4.78 is 5.38. The highest BCUT2D eigenvalue weighted by atomic mass is 127. The van der Waals surface area contributed by atoms with E-state index in [-0.39, 0.29) is 24.0 Å². The third kappa shape index (κ3) is 8.13. The van der Waals surface area contributed by atoms with Crippen LogP contribution >= 0.6 is 35.3 Å². The Morgan fingerprint density at radius 2 is 2.17 bits per heavy atom. The third-order valence-corrected chi connectivity index (χ3v) is 5.05. The number of aliphatic imine (C=N–C) groups is 1. The molecule has 2 heterocycles. The largest absolute Gasteiger partial charge is 0.379 e. The fraction of sp³-hybridized carbons (Fsp3) is 0.706. The average Bonchev–Trinajstić information content (AvgIpc) is 3.11. The number of thiophene rings is 1. The molecule has 0 aromatic carbocycles. The van der Waals surface area contributed by atoms with Crippen LogP contribution in [-0.4, -0.2) is 63.3 Å². The molecule has 1 saturated heterocycles. The minimum atomic E-state index is 0. The van der Waals surface area contributed by atoms with Gasteiger partial charge < -0.3 is 15.4 Å². The molecule has 2 N–H and O–H groups in total. The Bertz CT molecular complexity index is 449. The Kier molecular flexibility index (Phi) is 11.7. The standard InChI is InChI=1S/C17H30N4OS.HI/c1-3-18-17(20-14-15(2)16-6-4-13-23-16)19-7-5-8-21-9-11-22-12-10-21;/h4,6,13,15H,3,5,7-12,14H2,1-2H3,(H2,18,19,20);1H. The van der Waals surface area contributed by atoms with E-state index >= 15 is 0 Å². The smallest absolute Gasteiger partial charge is 0.191 e. The van der Waals surface area contributed by atoms with Crippen molar-refractivity contribution in [1.82, 2.24) is 15.5 Å². The van der Waals surface area contributed by atoms with Crippen molar-refractivity contribution in [1.29, 1.82) is 0 Å². The van der Waals surface area contributed by atoms with Crippen LogP contribution < -0.4 is 10.6 Å². The van der Waals surface area contributed by atoms with E-state index in [0.717, 1.165) is 64.9 Å². The van der Waals surface area contributed by atoms with Crippen molar-refractivity contribution < 1.29 is 4.74 Å². The van der Waals surface area contributed by atoms with Crippen molar-refractivity contribution in [2.75, 3.05) is 52.5 Å². The van der Waals surface area contributed by atoms with E-state index in [1.807, 2.05) is 11.3 Å². The number of nitrogens with one attached hydrogen (secondary N) is 2. The first-order valence-corrected chi connectivity index (χ1v) is 9.53. The molecule has 24 heavy (non-hydrogen) atoms. The summed E-state index contributed by atoms with van der Waals surface area (Å²) in [5, 5.41) is 8.91. The zero-order valence-electron chi connectivity index (χ0n) is 14.8. The first kappa shape index (κ1) is 21.7. The minimum Gasteiger partial charge on any atom is -0.379 e. The van der Waals surface area contributed by atoms with E-state index in [9.17, 15) is 0 Å². The maximum absolute atomic E-state index is 5.38. The summed E-state index contributed by atoms with van der Waals surface area (Å²) in [4.78, 5) is 8.59. The van der Waals surface area contributed by atoms with Crippen molar-refractivity contribution >= 4 is 41.3 Å². The molecule has 1 atom stereocenters. The van der Waals surface area contributed by atoms with Crippen LogP contribution in [0.4, 0.5) is 0 Å². The summed E-state index contributed by atoms with van der Waals surface area (Å²) in [6.07, 6.45) is 1.13. The van der Waals surface area contributed by atoms with Crippen LogP contribution in [0, 0.1) is 0 Å². The Balaban J connectivity index is 0.00000288. The van der Waals surface area contributed by atoms with Crippen LogP contribution in [0.2, 0.25) is 0 Å². The van der Waals surface area contributed by atoms with E-state index < -0.39 is 0 Å². The first-order valence-electron chi connectivity index (χ1n) is 8.65. The van der Waals surface area contributed by atoms with Crippen LogP contribution in [0.15, 0.2) is 22.5 Å². The predicted octanol–water partition coefficient (Wildman–Crippen LogP) is 2.75. The molecule has 1 aliphatic rings. The first-order chi connectivity index (χ1) is 11.3. The highest BCUT2D eigenvalue weighted by molar-refractivity contribution is 14.0. The van der Waals surface area contributed by atoms with Crippen LogP contribution in [0.5, 0.6) is 0 Å². The topological polar surface area (TPSA) is 48.9 Å². The molecule has 0 amide bonds. The SMILES string of the molecule is CCNC(=NCC(C)c1cccs1)NCCCN1CCOCC1.I. The van der Waals surface area contributed by atoms with E-state index in [4.69, 9.17) is 9.73 Å². The summed E-state index contributed by atoms with van der Waals surface area (Å²) in [6, 6.07) is 4.29. The fourth-order valence-electron chi connectivity index (χ4n) is 2.57. The van der Waals surface area contributed by atoms with Gasteiger partial charge in [0.1, 0.15) is 0 Å². The molecule has 5 nitrogen and oxygen atoms in total. The predicted molar refractivity (Wildman–Crippen MR) is 114 cm³/mol. The number of nitrogens with zero attached hydrogens (tertiary/aromatic N) is 2. The Hall–Kier alpha value is -0.380. The number of hydrogen-bond donors (Lipinski definition) is 2. The summed E-state index contributed by atoms with van der Waals surface area (Å²) in [5.74, 6) is 1.40. The van der Waals surface area contributed by atoms with E-state index in [1.165, 1.54) is 4.88 Å². The summed E-state index contributed by atoms with van der Waals surface area (Å²) in [5.41, 5.74) is 0. The van der Waals surface area contributed by atoms with Gasteiger partial charge in [-0.05, 0) is 31.3 Å². The zero-order valence-corrected chi connectivity index (χ0v) is 17.9. The molecule has 138 valence electrons. The number of rotatable bonds is 8. The second-order valence-electron chi connectivity index (χ2n) is 5.87. The molecule has 0 aliphatic carbocycles. The van der Waals surface area contributed by atoms with Crippen LogP contribution in [0.1, 0.15) is 31.1 Å². The van der Waals surface area contributed by atoms with Crippen molar-refractivity contribution in [3.05, 3.63) is 22.4 Å². The molecule has 0 saturated carbocycles. The summed E-state index contributed by atoms with van der Waals surface area (Å²) in [7, 11) is 0. The number of ether oxygens (including phenoxy) is 1. The van der Waals surface area contributed by atoms with Gasteiger partial charge in [0.15, 0.2) is 5.96 Å². The van der Waals surface area contributed by atoms with Gasteiger partial charge in [0.2, 0.25) is 0 Å². The molecule has 1 aromatic rings. The maximum atomic E-state index is 5.38. The van der Waals surface area contributed by atoms with E-state index in [2.05, 4.69) is 46.9 Å². The van der Waals surface area contributed by atoms with Crippen molar-refractivity contribution in [2.45, 2.75) is 26.2 Å². The fourth-order valence-corrected chi connectivity index (χ4v) is 3.34. The molecule has 2 rings (SSSR count). The Labute approximate surface area is 167 Å². The van der Waals surface area contributed by atoms with Crippen molar-refractivity contribution in [3.8, 4) is 0 Å². The van der Waals surface area contributed by atoms with Crippen LogP contribution in [0.3, 0.4) is 0 Å². The number of halogens is 1. The minimum absolute atomic E-state index is 0. The average molecular weight is 466 g/mol. The second kappa shape index (κ2) is 12.9. The van der Waals surface area contributed by atoms with Gasteiger partial charge in [0.05, 0.1) is 19.8 Å². The van der Waals surface area contributed by atoms with Gasteiger partial charge in [0.25, 0.3) is 0 Å². The molecule has 1 unspecified atom stereocenters. The van der Waals surface area contributed by atoms with Gasteiger partial charge in [-0.25, -0.2) is 0 Å². The summed E-state index contributed by atoms with van der Waals surface area (Å²) >= 11 is 1.81. The molecule has 7 heteroatoms. The lowest BCUT2D eigenvalue weighted by Crippen LogP contribution is -2.40. The number of hydrogen-bond acceptors (Lipinski definition) is 4. The maximum Gasteiger partial charge on any atom is 0.191 e. The summed E-state index contributed by atoms with van der Waals surface area (Å²) in [6.45, 7) is 12.0. The van der Waals surface area contributed by atoms with Crippen LogP contribution in [-0.2, 0) is 4.74 Å². The van der Waals surface area contributed by atoms with Crippen molar-refractivity contribution in [3.63, 3.8) is 0 Å². The lowest BCUT2D eigenvalue weighted by atomic mass is 10.1. The van der Waals surface area contributed by atoms with Gasteiger partial charge in [-0.1, -0.05) is 13.0 Å². The number of morpholine rings is 1. The second-order valence-corrected chi connectivity index (χ2v) is 6.85. The lowest BCUT2D eigenvalue weighted by Gasteiger charge is -2.26. The normalized spacial score (nSPS) is 17.2. The third-order valence-electron chi connectivity index (χ3n) is 3.94. The van der Waals surface area contributed by atoms with Gasteiger partial charge in [0, 0.05) is 37.0 Å². The van der Waals surface area contributed by atoms with Crippen molar-refractivity contribution in [2.24, 2.45) is 4.99 Å². The zero-order chi connectivity index (χ0) is 16.3.